The molecule has 0 radical (unpaired) electrons. The van der Waals surface area contributed by atoms with Crippen LogP contribution in [0.4, 0.5) is 0 Å². The Labute approximate surface area is 128 Å². The van der Waals surface area contributed by atoms with Crippen LogP contribution < -0.4 is 9.47 Å². The number of rotatable bonds is 7. The van der Waals surface area contributed by atoms with Crippen LogP contribution in [0.15, 0.2) is 30.5 Å². The molecule has 6 nitrogen and oxygen atoms in total. The minimum absolute atomic E-state index is 0.0424. The lowest BCUT2D eigenvalue weighted by Crippen LogP contribution is -2.04. The minimum Gasteiger partial charge on any atom is -0.494 e. The molecule has 2 aromatic rings. The minimum atomic E-state index is -1.12. The molecule has 2 rings (SSSR count). The molecule has 116 valence electrons. The topological polar surface area (TPSA) is 81.5 Å². The van der Waals surface area contributed by atoms with Crippen molar-refractivity contribution < 1.29 is 19.4 Å². The van der Waals surface area contributed by atoms with E-state index in [9.17, 15) is 4.79 Å². The molecule has 0 aliphatic rings. The van der Waals surface area contributed by atoms with Crippen LogP contribution >= 0.6 is 0 Å². The molecule has 0 saturated heterocycles. The Balaban J connectivity index is 2.19. The molecule has 0 fully saturated rings. The van der Waals surface area contributed by atoms with E-state index in [4.69, 9.17) is 14.6 Å². The summed E-state index contributed by atoms with van der Waals surface area (Å²) in [6.07, 6.45) is 3.34. The van der Waals surface area contributed by atoms with Crippen LogP contribution in [-0.4, -0.2) is 34.8 Å². The van der Waals surface area contributed by atoms with Crippen LogP contribution in [0.25, 0.3) is 11.4 Å². The van der Waals surface area contributed by atoms with E-state index in [1.165, 1.54) is 13.3 Å². The summed E-state index contributed by atoms with van der Waals surface area (Å²) < 4.78 is 10.6. The predicted octanol–water partition coefficient (Wildman–Crippen LogP) is 3.03. The highest BCUT2D eigenvalue weighted by molar-refractivity contribution is 5.90. The zero-order chi connectivity index (χ0) is 15.9. The van der Waals surface area contributed by atoms with Crippen molar-refractivity contribution >= 4 is 5.97 Å². The molecule has 22 heavy (non-hydrogen) atoms. The number of hydrogen-bond donors (Lipinski definition) is 1. The quantitative estimate of drug-likeness (QED) is 0.792. The Morgan fingerprint density at radius 1 is 1.27 bits per heavy atom. The number of carboxylic acids is 1. The Morgan fingerprint density at radius 2 is 2.00 bits per heavy atom. The highest BCUT2D eigenvalue weighted by atomic mass is 16.5. The third-order valence-corrected chi connectivity index (χ3v) is 3.06. The van der Waals surface area contributed by atoms with E-state index in [0.717, 1.165) is 24.2 Å². The van der Waals surface area contributed by atoms with Crippen molar-refractivity contribution in [3.63, 3.8) is 0 Å². The number of aromatic nitrogens is 2. The summed E-state index contributed by atoms with van der Waals surface area (Å²) in [5, 5.41) is 9.02. The summed E-state index contributed by atoms with van der Waals surface area (Å²) in [4.78, 5) is 19.2. The van der Waals surface area contributed by atoms with Crippen LogP contribution in [-0.2, 0) is 0 Å². The van der Waals surface area contributed by atoms with Gasteiger partial charge in [-0.25, -0.2) is 9.78 Å². The number of nitrogens with zero attached hydrogens (tertiary/aromatic N) is 2. The SMILES string of the molecule is CCCCOc1ccc(-c2ncc(C(=O)O)c(OC)n2)cc1. The predicted molar refractivity (Wildman–Crippen MR) is 81.4 cm³/mol. The summed E-state index contributed by atoms with van der Waals surface area (Å²) in [6.45, 7) is 2.80. The fourth-order valence-corrected chi connectivity index (χ4v) is 1.84. The van der Waals surface area contributed by atoms with E-state index in [-0.39, 0.29) is 11.4 Å². The van der Waals surface area contributed by atoms with Gasteiger partial charge in [-0.15, -0.1) is 0 Å². The Kier molecular flexibility index (Phi) is 5.30. The molecule has 1 aromatic carbocycles. The van der Waals surface area contributed by atoms with Crippen LogP contribution in [0.3, 0.4) is 0 Å². The van der Waals surface area contributed by atoms with Crippen LogP contribution in [0.2, 0.25) is 0 Å². The fraction of sp³-hybridized carbons (Fsp3) is 0.312. The van der Waals surface area contributed by atoms with Crippen LogP contribution in [0.1, 0.15) is 30.1 Å². The lowest BCUT2D eigenvalue weighted by Gasteiger charge is -2.08. The number of hydrogen-bond acceptors (Lipinski definition) is 5. The first-order valence-corrected chi connectivity index (χ1v) is 7.03. The van der Waals surface area contributed by atoms with Gasteiger partial charge in [-0.1, -0.05) is 13.3 Å². The molecule has 1 aromatic heterocycles. The zero-order valence-electron chi connectivity index (χ0n) is 12.6. The van der Waals surface area contributed by atoms with Crippen molar-refractivity contribution in [1.29, 1.82) is 0 Å². The Hall–Kier alpha value is -2.63. The Bertz CT molecular complexity index is 641. The van der Waals surface area contributed by atoms with E-state index in [2.05, 4.69) is 16.9 Å². The number of carbonyl (C=O) groups is 1. The maximum absolute atomic E-state index is 11.0. The van der Waals surface area contributed by atoms with Crippen LogP contribution in [0, 0.1) is 0 Å². The second kappa shape index (κ2) is 7.40. The molecule has 1 N–H and O–H groups in total. The van der Waals surface area contributed by atoms with Gasteiger partial charge >= 0.3 is 5.97 Å². The zero-order valence-corrected chi connectivity index (χ0v) is 12.6. The summed E-state index contributed by atoms with van der Waals surface area (Å²) in [7, 11) is 1.38. The molecule has 1 heterocycles. The summed E-state index contributed by atoms with van der Waals surface area (Å²) in [6, 6.07) is 7.34. The summed E-state index contributed by atoms with van der Waals surface area (Å²) >= 11 is 0. The van der Waals surface area contributed by atoms with Gasteiger partial charge in [-0.2, -0.15) is 4.98 Å². The first kappa shape index (κ1) is 15.8. The van der Waals surface area contributed by atoms with E-state index >= 15 is 0 Å². The van der Waals surface area contributed by atoms with E-state index in [0.29, 0.717) is 12.4 Å². The van der Waals surface area contributed by atoms with Gasteiger partial charge in [0.2, 0.25) is 5.88 Å². The Morgan fingerprint density at radius 3 is 2.59 bits per heavy atom. The molecule has 0 atom stereocenters. The molecule has 0 aliphatic carbocycles. The maximum atomic E-state index is 11.0. The maximum Gasteiger partial charge on any atom is 0.342 e. The number of carboxylic acid groups (broad SMARTS) is 1. The third-order valence-electron chi connectivity index (χ3n) is 3.06. The number of benzene rings is 1. The van der Waals surface area contributed by atoms with Gasteiger partial charge in [0, 0.05) is 11.8 Å². The summed E-state index contributed by atoms with van der Waals surface area (Å²) in [5.74, 6) is 0.108. The molecule has 0 spiro atoms. The van der Waals surface area contributed by atoms with Crippen molar-refractivity contribution in [1.82, 2.24) is 9.97 Å². The van der Waals surface area contributed by atoms with Crippen LogP contribution in [0.5, 0.6) is 11.6 Å². The molecular formula is C16H18N2O4. The number of ether oxygens (including phenoxy) is 2. The molecule has 6 heteroatoms. The van der Waals surface area contributed by atoms with Gasteiger partial charge < -0.3 is 14.6 Å². The normalized spacial score (nSPS) is 10.3. The van der Waals surface area contributed by atoms with Gasteiger partial charge in [-0.3, -0.25) is 0 Å². The molecular weight excluding hydrogens is 284 g/mol. The highest BCUT2D eigenvalue weighted by Crippen LogP contribution is 2.23. The van der Waals surface area contributed by atoms with E-state index < -0.39 is 5.97 Å². The van der Waals surface area contributed by atoms with Gasteiger partial charge in [0.1, 0.15) is 11.3 Å². The number of unbranched alkanes of at least 4 members (excludes halogenated alkanes) is 1. The van der Waals surface area contributed by atoms with Crippen molar-refractivity contribution in [3.8, 4) is 23.0 Å². The summed E-state index contributed by atoms with van der Waals surface area (Å²) in [5.41, 5.74) is 0.698. The average molecular weight is 302 g/mol. The van der Waals surface area contributed by atoms with Crippen molar-refractivity contribution in [2.45, 2.75) is 19.8 Å². The first-order chi connectivity index (χ1) is 10.7. The number of aromatic carboxylic acids is 1. The van der Waals surface area contributed by atoms with Gasteiger partial charge in [0.15, 0.2) is 5.82 Å². The largest absolute Gasteiger partial charge is 0.494 e. The highest BCUT2D eigenvalue weighted by Gasteiger charge is 2.14. The van der Waals surface area contributed by atoms with Crippen molar-refractivity contribution in [2.75, 3.05) is 13.7 Å². The lowest BCUT2D eigenvalue weighted by atomic mass is 10.2. The van der Waals surface area contributed by atoms with E-state index in [1.54, 1.807) is 0 Å². The fourth-order valence-electron chi connectivity index (χ4n) is 1.84. The van der Waals surface area contributed by atoms with Gasteiger partial charge in [0.05, 0.1) is 13.7 Å². The smallest absolute Gasteiger partial charge is 0.342 e. The standard InChI is InChI=1S/C16H18N2O4/c1-3-4-9-22-12-7-5-11(6-8-12)14-17-10-13(16(19)20)15(18-14)21-2/h5-8,10H,3-4,9H2,1-2H3,(H,19,20). The molecule has 0 bridgehead atoms. The first-order valence-electron chi connectivity index (χ1n) is 7.03. The third kappa shape index (κ3) is 3.72. The number of methoxy groups -OCH3 is 1. The monoisotopic (exact) mass is 302 g/mol. The van der Waals surface area contributed by atoms with Crippen molar-refractivity contribution in [2.24, 2.45) is 0 Å². The molecule has 0 saturated carbocycles. The second-order valence-corrected chi connectivity index (χ2v) is 4.65. The lowest BCUT2D eigenvalue weighted by molar-refractivity contribution is 0.0692. The molecule has 0 amide bonds. The van der Waals surface area contributed by atoms with Gasteiger partial charge in [0.25, 0.3) is 0 Å². The van der Waals surface area contributed by atoms with Gasteiger partial charge in [-0.05, 0) is 30.7 Å². The molecule has 0 unspecified atom stereocenters. The molecule has 0 aliphatic heterocycles. The van der Waals surface area contributed by atoms with Crippen molar-refractivity contribution in [3.05, 3.63) is 36.0 Å². The second-order valence-electron chi connectivity index (χ2n) is 4.65. The van der Waals surface area contributed by atoms with E-state index in [1.807, 2.05) is 24.3 Å². The average Bonchev–Trinajstić information content (AvgIpc) is 2.55.